The van der Waals surface area contributed by atoms with Crippen LogP contribution in [0.5, 0.6) is 0 Å². The van der Waals surface area contributed by atoms with Crippen molar-refractivity contribution in [2.45, 2.75) is 18.4 Å². The second-order valence-corrected chi connectivity index (χ2v) is 9.05. The molecule has 5 rings (SSSR count). The first-order valence-electron chi connectivity index (χ1n) is 10.8. The molecule has 2 aliphatic heterocycles. The second kappa shape index (κ2) is 7.77. The molecule has 3 amide bonds. The summed E-state index contributed by atoms with van der Waals surface area (Å²) >= 11 is 6.21. The van der Waals surface area contributed by atoms with Crippen molar-refractivity contribution in [2.75, 3.05) is 18.0 Å². The molecule has 2 aromatic heterocycles. The van der Waals surface area contributed by atoms with Gasteiger partial charge in [0, 0.05) is 50.0 Å². The van der Waals surface area contributed by atoms with Gasteiger partial charge in [-0.3, -0.25) is 33.2 Å². The zero-order chi connectivity index (χ0) is 25.2. The zero-order valence-corrected chi connectivity index (χ0v) is 19.8. The first-order chi connectivity index (χ1) is 16.6. The Bertz CT molecular complexity index is 1580. The molecule has 0 aliphatic carbocycles. The number of anilines is 1. The Morgan fingerprint density at radius 3 is 2.49 bits per heavy atom. The van der Waals surface area contributed by atoms with Gasteiger partial charge in [-0.25, -0.2) is 9.78 Å². The number of rotatable bonds is 5. The molecule has 1 spiro atoms. The van der Waals surface area contributed by atoms with Crippen LogP contribution in [0.2, 0.25) is 5.02 Å². The Morgan fingerprint density at radius 2 is 1.77 bits per heavy atom. The summed E-state index contributed by atoms with van der Waals surface area (Å²) in [6, 6.07) is 4.81. The van der Waals surface area contributed by atoms with Crippen molar-refractivity contribution in [3.8, 4) is 0 Å². The van der Waals surface area contributed by atoms with E-state index in [1.54, 1.807) is 22.8 Å². The molecule has 0 radical (unpaired) electrons. The summed E-state index contributed by atoms with van der Waals surface area (Å²) in [5, 5.41) is 0.338. The molecular weight excluding hydrogens is 476 g/mol. The average Bonchev–Trinajstić information content (AvgIpc) is 3.44. The van der Waals surface area contributed by atoms with E-state index in [0.717, 1.165) is 9.47 Å². The highest BCUT2D eigenvalue weighted by molar-refractivity contribution is 6.32. The predicted octanol–water partition coefficient (Wildman–Crippen LogP) is 0.317. The van der Waals surface area contributed by atoms with Gasteiger partial charge in [0.1, 0.15) is 0 Å². The molecule has 35 heavy (non-hydrogen) atoms. The molecule has 0 saturated carbocycles. The molecule has 1 unspecified atom stereocenters. The summed E-state index contributed by atoms with van der Waals surface area (Å²) in [4.78, 5) is 71.5. The molecule has 3 aromatic rings. The average molecular weight is 497 g/mol. The van der Waals surface area contributed by atoms with Crippen LogP contribution in [0, 0.1) is 0 Å². The quantitative estimate of drug-likeness (QED) is 0.285. The third-order valence-corrected chi connectivity index (χ3v) is 6.98. The van der Waals surface area contributed by atoms with Crippen LogP contribution >= 0.6 is 11.6 Å². The number of hydrogen-bond acceptors (Lipinski definition) is 6. The molecule has 1 aromatic carbocycles. The fraction of sp³-hybridized carbons (Fsp3) is 0.304. The van der Waals surface area contributed by atoms with Crippen molar-refractivity contribution in [3.05, 3.63) is 68.6 Å². The summed E-state index contributed by atoms with van der Waals surface area (Å²) in [5.41, 5.74) is -1.38. The van der Waals surface area contributed by atoms with Crippen molar-refractivity contribution < 1.29 is 14.4 Å². The van der Waals surface area contributed by atoms with Gasteiger partial charge in [0.2, 0.25) is 17.7 Å². The highest BCUT2D eigenvalue weighted by atomic mass is 35.5. The third kappa shape index (κ3) is 2.97. The van der Waals surface area contributed by atoms with Crippen LogP contribution in [0.15, 0.2) is 46.8 Å². The van der Waals surface area contributed by atoms with Gasteiger partial charge in [0.15, 0.2) is 16.6 Å². The second-order valence-electron chi connectivity index (χ2n) is 8.61. The van der Waals surface area contributed by atoms with Gasteiger partial charge in [-0.05, 0) is 18.2 Å². The molecule has 0 N–H and O–H groups in total. The summed E-state index contributed by atoms with van der Waals surface area (Å²) < 4.78 is 3.83. The standard InChI is InChI=1S/C23H21ClN6O5/c1-4-7-30-16(31)11-23(21(30)34)14-10-13(24)5-6-15(14)29(20(23)33)9-8-28-12-25-18-17(28)19(32)27(3)22(35)26(18)2/h4-6,10,12H,1,7-9,11H2,2-3H3. The maximum atomic E-state index is 13.8. The molecule has 180 valence electrons. The molecule has 4 heterocycles. The molecule has 1 saturated heterocycles. The van der Waals surface area contributed by atoms with Crippen LogP contribution in [0.25, 0.3) is 11.2 Å². The monoisotopic (exact) mass is 496 g/mol. The Kier molecular flexibility index (Phi) is 5.06. The normalized spacial score (nSPS) is 19.5. The number of amides is 3. The summed E-state index contributed by atoms with van der Waals surface area (Å²) in [5.74, 6) is -1.58. The molecular formula is C23H21ClN6O5. The maximum Gasteiger partial charge on any atom is 0.332 e. The van der Waals surface area contributed by atoms with Crippen molar-refractivity contribution in [2.24, 2.45) is 14.1 Å². The van der Waals surface area contributed by atoms with E-state index < -0.39 is 34.4 Å². The molecule has 2 aliphatic rings. The lowest BCUT2D eigenvalue weighted by atomic mass is 9.80. The smallest absolute Gasteiger partial charge is 0.323 e. The highest BCUT2D eigenvalue weighted by Crippen LogP contribution is 2.49. The van der Waals surface area contributed by atoms with E-state index in [4.69, 9.17) is 11.6 Å². The van der Waals surface area contributed by atoms with Crippen molar-refractivity contribution in [1.82, 2.24) is 23.6 Å². The van der Waals surface area contributed by atoms with Gasteiger partial charge in [0.25, 0.3) is 5.56 Å². The maximum absolute atomic E-state index is 13.8. The van der Waals surface area contributed by atoms with Crippen molar-refractivity contribution in [3.63, 3.8) is 0 Å². The minimum absolute atomic E-state index is 0.00559. The van der Waals surface area contributed by atoms with Crippen LogP contribution < -0.4 is 16.1 Å². The minimum Gasteiger partial charge on any atom is -0.323 e. The number of aromatic nitrogens is 4. The van der Waals surface area contributed by atoms with Crippen LogP contribution in [-0.4, -0.2) is 54.4 Å². The van der Waals surface area contributed by atoms with Gasteiger partial charge in [0.05, 0.1) is 12.7 Å². The largest absolute Gasteiger partial charge is 0.332 e. The summed E-state index contributed by atoms with van der Waals surface area (Å²) in [6.45, 7) is 3.85. The molecule has 1 fully saturated rings. The fourth-order valence-corrected chi connectivity index (χ4v) is 5.14. The SMILES string of the molecule is C=CCN1C(=O)CC2(C1=O)C(=O)N(CCn1cnc3c1c(=O)n(C)c(=O)n3C)c1ccc(Cl)cc12. The lowest BCUT2D eigenvalue weighted by molar-refractivity contribution is -0.140. The van der Waals surface area contributed by atoms with E-state index in [2.05, 4.69) is 11.6 Å². The van der Waals surface area contributed by atoms with Crippen molar-refractivity contribution >= 4 is 46.2 Å². The van der Waals surface area contributed by atoms with Crippen LogP contribution in [0.1, 0.15) is 12.0 Å². The van der Waals surface area contributed by atoms with E-state index >= 15 is 0 Å². The van der Waals surface area contributed by atoms with Gasteiger partial charge in [-0.1, -0.05) is 17.7 Å². The van der Waals surface area contributed by atoms with Crippen LogP contribution in [0.4, 0.5) is 5.69 Å². The first-order valence-corrected chi connectivity index (χ1v) is 11.2. The number of aryl methyl sites for hydroxylation is 1. The number of fused-ring (bicyclic) bond motifs is 3. The number of imide groups is 1. The number of nitrogens with zero attached hydrogens (tertiary/aromatic N) is 6. The molecule has 12 heteroatoms. The van der Waals surface area contributed by atoms with E-state index in [0.29, 0.717) is 16.3 Å². The lowest BCUT2D eigenvalue weighted by Gasteiger charge is -2.22. The van der Waals surface area contributed by atoms with Crippen molar-refractivity contribution in [1.29, 1.82) is 0 Å². The van der Waals surface area contributed by atoms with Crippen LogP contribution in [-0.2, 0) is 40.4 Å². The summed E-state index contributed by atoms with van der Waals surface area (Å²) in [7, 11) is 2.90. The molecule has 1 atom stereocenters. The van der Waals surface area contributed by atoms with Gasteiger partial charge in [-0.2, -0.15) is 0 Å². The van der Waals surface area contributed by atoms with Gasteiger partial charge >= 0.3 is 5.69 Å². The Labute approximate surface area is 203 Å². The van der Waals surface area contributed by atoms with Gasteiger partial charge in [-0.15, -0.1) is 6.58 Å². The highest BCUT2D eigenvalue weighted by Gasteiger charge is 2.63. The number of benzene rings is 1. The minimum atomic E-state index is -1.68. The molecule has 0 bridgehead atoms. The Hall–Kier alpha value is -3.99. The van der Waals surface area contributed by atoms with E-state index in [1.165, 1.54) is 36.0 Å². The Balaban J connectivity index is 1.56. The van der Waals surface area contributed by atoms with E-state index in [-0.39, 0.29) is 37.2 Å². The number of hydrogen-bond donors (Lipinski definition) is 0. The fourth-order valence-electron chi connectivity index (χ4n) is 4.97. The third-order valence-electron chi connectivity index (χ3n) is 6.74. The molecule has 11 nitrogen and oxygen atoms in total. The Morgan fingerprint density at radius 1 is 1.06 bits per heavy atom. The summed E-state index contributed by atoms with van der Waals surface area (Å²) in [6.07, 6.45) is 2.57. The number of likely N-dealkylation sites (tertiary alicyclic amines) is 1. The topological polar surface area (TPSA) is 120 Å². The number of carbonyl (C=O) groups is 3. The zero-order valence-electron chi connectivity index (χ0n) is 19.0. The number of halogens is 1. The van der Waals surface area contributed by atoms with Gasteiger partial charge < -0.3 is 9.47 Å². The van der Waals surface area contributed by atoms with E-state index in [1.807, 2.05) is 0 Å². The lowest BCUT2D eigenvalue weighted by Crippen LogP contribution is -2.47. The number of imidazole rings is 1. The predicted molar refractivity (Wildman–Crippen MR) is 127 cm³/mol. The number of carbonyl (C=O) groups excluding carboxylic acids is 3. The first kappa shape index (κ1) is 22.8. The van der Waals surface area contributed by atoms with E-state index in [9.17, 15) is 24.0 Å². The van der Waals surface area contributed by atoms with Crippen LogP contribution in [0.3, 0.4) is 0 Å².